The van der Waals surface area contributed by atoms with E-state index in [9.17, 15) is 4.79 Å². The number of carbonyl (C=O) groups excluding carboxylic acids is 1. The number of carbonyl (C=O) groups is 1. The Labute approximate surface area is 120 Å². The Morgan fingerprint density at radius 2 is 1.21 bits per heavy atom. The van der Waals surface area contributed by atoms with E-state index in [0.29, 0.717) is 0 Å². The summed E-state index contributed by atoms with van der Waals surface area (Å²) < 4.78 is 6.04. The Bertz CT molecular complexity index is 281. The van der Waals surface area contributed by atoms with Crippen molar-refractivity contribution in [3.05, 3.63) is 0 Å². The van der Waals surface area contributed by atoms with Gasteiger partial charge in [-0.1, -0.05) is 34.6 Å². The Morgan fingerprint density at radius 3 is 1.47 bits per heavy atom. The average Bonchev–Trinajstić information content (AvgIpc) is 2.41. The predicted octanol–water partition coefficient (Wildman–Crippen LogP) is 5.35. The van der Waals surface area contributed by atoms with E-state index in [1.54, 1.807) is 0 Å². The highest BCUT2D eigenvalue weighted by Crippen LogP contribution is 2.46. The first-order chi connectivity index (χ1) is 8.68. The van der Waals surface area contributed by atoms with E-state index in [-0.39, 0.29) is 17.0 Å². The first-order valence-corrected chi connectivity index (χ1v) is 7.92. The predicted molar refractivity (Wildman–Crippen MR) is 82.2 cm³/mol. The summed E-state index contributed by atoms with van der Waals surface area (Å²) in [6.45, 7) is 16.8. The average molecular weight is 270 g/mol. The van der Waals surface area contributed by atoms with Crippen LogP contribution in [-0.2, 0) is 9.53 Å². The van der Waals surface area contributed by atoms with Crippen molar-refractivity contribution in [1.29, 1.82) is 0 Å². The van der Waals surface area contributed by atoms with Gasteiger partial charge in [-0.05, 0) is 52.9 Å². The highest BCUT2D eigenvalue weighted by atomic mass is 16.6. The van der Waals surface area contributed by atoms with Gasteiger partial charge in [-0.3, -0.25) is 4.79 Å². The van der Waals surface area contributed by atoms with Gasteiger partial charge in [0.25, 0.3) is 0 Å². The molecule has 2 heteroatoms. The van der Waals surface area contributed by atoms with Crippen LogP contribution >= 0.6 is 0 Å². The summed E-state index contributed by atoms with van der Waals surface area (Å²) in [4.78, 5) is 12.4. The molecule has 0 spiro atoms. The second-order valence-corrected chi connectivity index (χ2v) is 6.55. The number of hydrogen-bond donors (Lipinski definition) is 0. The van der Waals surface area contributed by atoms with Crippen molar-refractivity contribution < 1.29 is 9.53 Å². The molecule has 0 fully saturated rings. The van der Waals surface area contributed by atoms with Gasteiger partial charge in [-0.25, -0.2) is 0 Å². The first kappa shape index (κ1) is 18.5. The van der Waals surface area contributed by atoms with Gasteiger partial charge in [0.15, 0.2) is 0 Å². The van der Waals surface area contributed by atoms with Crippen LogP contribution in [0.25, 0.3) is 0 Å². The van der Waals surface area contributed by atoms with Crippen molar-refractivity contribution in [3.63, 3.8) is 0 Å². The van der Waals surface area contributed by atoms with Crippen LogP contribution in [0.1, 0.15) is 87.5 Å². The fourth-order valence-electron chi connectivity index (χ4n) is 2.91. The van der Waals surface area contributed by atoms with Crippen LogP contribution in [0.4, 0.5) is 0 Å². The Balaban J connectivity index is 5.33. The highest BCUT2D eigenvalue weighted by molar-refractivity contribution is 5.76. The molecule has 0 rings (SSSR count). The SMILES string of the molecule is CCC(C)(C)C(=O)OC(C)(CC)C(CC)(CC)CC. The molecule has 0 saturated carbocycles. The van der Waals surface area contributed by atoms with Crippen molar-refractivity contribution in [2.75, 3.05) is 0 Å². The van der Waals surface area contributed by atoms with Gasteiger partial charge in [0.2, 0.25) is 0 Å². The topological polar surface area (TPSA) is 26.3 Å². The zero-order valence-electron chi connectivity index (χ0n) is 14.4. The summed E-state index contributed by atoms with van der Waals surface area (Å²) in [6, 6.07) is 0. The normalized spacial score (nSPS) is 16.0. The molecule has 19 heavy (non-hydrogen) atoms. The standard InChI is InChI=1S/C17H34O2/c1-9-15(6,7)14(18)19-16(8,10-2)17(11-3,12-4)13-5/h9-13H2,1-8H3. The fourth-order valence-corrected chi connectivity index (χ4v) is 2.91. The fraction of sp³-hybridized carbons (Fsp3) is 0.941. The molecule has 0 N–H and O–H groups in total. The molecule has 0 bridgehead atoms. The highest BCUT2D eigenvalue weighted by Gasteiger charge is 2.47. The molecule has 0 heterocycles. The lowest BCUT2D eigenvalue weighted by Crippen LogP contribution is -2.50. The molecule has 0 aromatic heterocycles. The van der Waals surface area contributed by atoms with Crippen LogP contribution in [-0.4, -0.2) is 11.6 Å². The second-order valence-electron chi connectivity index (χ2n) is 6.55. The van der Waals surface area contributed by atoms with E-state index in [1.165, 1.54) is 0 Å². The summed E-state index contributed by atoms with van der Waals surface area (Å²) in [5, 5.41) is 0. The molecule has 2 nitrogen and oxygen atoms in total. The molecule has 1 atom stereocenters. The van der Waals surface area contributed by atoms with E-state index in [4.69, 9.17) is 4.74 Å². The molecule has 0 aliphatic rings. The second kappa shape index (κ2) is 6.76. The molecule has 0 saturated heterocycles. The van der Waals surface area contributed by atoms with Crippen LogP contribution in [0.3, 0.4) is 0 Å². The van der Waals surface area contributed by atoms with Gasteiger partial charge < -0.3 is 4.74 Å². The molecule has 1 unspecified atom stereocenters. The largest absolute Gasteiger partial charge is 0.458 e. The number of rotatable bonds is 8. The molecular weight excluding hydrogens is 236 g/mol. The number of hydrogen-bond acceptors (Lipinski definition) is 2. The maximum atomic E-state index is 12.4. The summed E-state index contributed by atoms with van der Waals surface area (Å²) in [5.41, 5.74) is -0.673. The van der Waals surface area contributed by atoms with E-state index >= 15 is 0 Å². The molecule has 0 amide bonds. The first-order valence-electron chi connectivity index (χ1n) is 7.92. The minimum Gasteiger partial charge on any atom is -0.458 e. The third kappa shape index (κ3) is 3.52. The van der Waals surface area contributed by atoms with Crippen LogP contribution in [0.15, 0.2) is 0 Å². The van der Waals surface area contributed by atoms with Crippen molar-refractivity contribution in [2.45, 2.75) is 93.1 Å². The summed E-state index contributed by atoms with van der Waals surface area (Å²) in [5.74, 6) is -0.0564. The zero-order chi connectivity index (χ0) is 15.3. The minimum atomic E-state index is -0.391. The van der Waals surface area contributed by atoms with E-state index < -0.39 is 5.41 Å². The van der Waals surface area contributed by atoms with Crippen LogP contribution in [0.2, 0.25) is 0 Å². The van der Waals surface area contributed by atoms with Gasteiger partial charge in [0.1, 0.15) is 5.60 Å². The molecule has 0 aliphatic carbocycles. The summed E-state index contributed by atoms with van der Waals surface area (Å²) in [7, 11) is 0. The summed E-state index contributed by atoms with van der Waals surface area (Å²) >= 11 is 0. The van der Waals surface area contributed by atoms with E-state index in [0.717, 1.165) is 32.1 Å². The molecule has 0 aromatic rings. The van der Waals surface area contributed by atoms with Gasteiger partial charge in [0, 0.05) is 5.41 Å². The van der Waals surface area contributed by atoms with Gasteiger partial charge in [0.05, 0.1) is 5.41 Å². The van der Waals surface area contributed by atoms with Crippen molar-refractivity contribution in [1.82, 2.24) is 0 Å². The summed E-state index contributed by atoms with van der Waals surface area (Å²) in [6.07, 6.45) is 4.82. The maximum Gasteiger partial charge on any atom is 0.312 e. The van der Waals surface area contributed by atoms with Crippen LogP contribution in [0, 0.1) is 10.8 Å². The minimum absolute atomic E-state index is 0.0564. The molecule has 0 aromatic carbocycles. The maximum absolute atomic E-state index is 12.4. The van der Waals surface area contributed by atoms with Crippen molar-refractivity contribution in [3.8, 4) is 0 Å². The Hall–Kier alpha value is -0.530. The van der Waals surface area contributed by atoms with Crippen LogP contribution in [0.5, 0.6) is 0 Å². The Kier molecular flexibility index (Phi) is 6.57. The lowest BCUT2D eigenvalue weighted by atomic mass is 9.65. The van der Waals surface area contributed by atoms with E-state index in [2.05, 4.69) is 34.6 Å². The molecular formula is C17H34O2. The lowest BCUT2D eigenvalue weighted by Gasteiger charge is -2.48. The third-order valence-corrected chi connectivity index (χ3v) is 5.58. The third-order valence-electron chi connectivity index (χ3n) is 5.58. The molecule has 0 aliphatic heterocycles. The monoisotopic (exact) mass is 270 g/mol. The van der Waals surface area contributed by atoms with E-state index in [1.807, 2.05) is 20.8 Å². The molecule has 114 valence electrons. The number of esters is 1. The van der Waals surface area contributed by atoms with Crippen molar-refractivity contribution >= 4 is 5.97 Å². The van der Waals surface area contributed by atoms with Gasteiger partial charge in [-0.15, -0.1) is 0 Å². The lowest BCUT2D eigenvalue weighted by molar-refractivity contribution is -0.187. The molecule has 0 radical (unpaired) electrons. The van der Waals surface area contributed by atoms with Crippen molar-refractivity contribution in [2.24, 2.45) is 10.8 Å². The number of ether oxygens (including phenoxy) is 1. The quantitative estimate of drug-likeness (QED) is 0.556. The Morgan fingerprint density at radius 1 is 0.789 bits per heavy atom. The van der Waals surface area contributed by atoms with Gasteiger partial charge in [-0.2, -0.15) is 0 Å². The smallest absolute Gasteiger partial charge is 0.312 e. The van der Waals surface area contributed by atoms with Gasteiger partial charge >= 0.3 is 5.97 Å². The zero-order valence-corrected chi connectivity index (χ0v) is 14.4. The van der Waals surface area contributed by atoms with Crippen LogP contribution < -0.4 is 0 Å².